The SMILES string of the molecule is CCOC#[C][Sn]([CH2]C)([CH2]C)[CH2]C. The van der Waals surface area contributed by atoms with E-state index < -0.39 is 18.4 Å². The Morgan fingerprint density at radius 3 is 1.83 bits per heavy atom. The molecule has 0 fully saturated rings. The number of hydrogen-bond acceptors (Lipinski definition) is 1. The second kappa shape index (κ2) is 6.65. The minimum atomic E-state index is -1.97. The molecule has 0 saturated heterocycles. The molecular weight excluding hydrogens is 255 g/mol. The van der Waals surface area contributed by atoms with Gasteiger partial charge in [-0.15, -0.1) is 0 Å². The van der Waals surface area contributed by atoms with Crippen molar-refractivity contribution in [2.75, 3.05) is 6.61 Å². The normalized spacial score (nSPS) is 10.3. The molecule has 0 radical (unpaired) electrons. The summed E-state index contributed by atoms with van der Waals surface area (Å²) in [5.41, 5.74) is 0. The van der Waals surface area contributed by atoms with Crippen LogP contribution in [0.3, 0.4) is 0 Å². The van der Waals surface area contributed by atoms with E-state index in [9.17, 15) is 0 Å². The van der Waals surface area contributed by atoms with Crippen molar-refractivity contribution in [1.82, 2.24) is 0 Å². The summed E-state index contributed by atoms with van der Waals surface area (Å²) in [6.45, 7) is 9.54. The van der Waals surface area contributed by atoms with E-state index in [4.69, 9.17) is 4.74 Å². The van der Waals surface area contributed by atoms with Gasteiger partial charge < -0.3 is 0 Å². The molecular formula is C10H20OSn. The molecule has 0 aromatic rings. The Balaban J connectivity index is 4.22. The van der Waals surface area contributed by atoms with Crippen molar-refractivity contribution in [2.45, 2.75) is 41.0 Å². The summed E-state index contributed by atoms with van der Waals surface area (Å²) >= 11 is -1.97. The van der Waals surface area contributed by atoms with E-state index in [0.717, 1.165) is 0 Å². The second-order valence-corrected chi connectivity index (χ2v) is 17.1. The fourth-order valence-corrected chi connectivity index (χ4v) is 7.85. The molecule has 70 valence electrons. The summed E-state index contributed by atoms with van der Waals surface area (Å²) in [6.07, 6.45) is 2.87. The van der Waals surface area contributed by atoms with Gasteiger partial charge in [-0.3, -0.25) is 0 Å². The van der Waals surface area contributed by atoms with Crippen LogP contribution < -0.4 is 0 Å². The van der Waals surface area contributed by atoms with Gasteiger partial charge in [-0.25, -0.2) is 0 Å². The van der Waals surface area contributed by atoms with Gasteiger partial charge >= 0.3 is 80.8 Å². The Bertz CT molecular complexity index is 154. The molecule has 0 amide bonds. The monoisotopic (exact) mass is 276 g/mol. The van der Waals surface area contributed by atoms with E-state index in [1.165, 1.54) is 13.3 Å². The van der Waals surface area contributed by atoms with Crippen LogP contribution in [-0.2, 0) is 4.74 Å². The summed E-state index contributed by atoms with van der Waals surface area (Å²) in [5, 5.41) is 0. The molecule has 0 heterocycles. The van der Waals surface area contributed by atoms with E-state index in [1.807, 2.05) is 6.92 Å². The average Bonchev–Trinajstić information content (AvgIpc) is 2.14. The van der Waals surface area contributed by atoms with Crippen molar-refractivity contribution in [1.29, 1.82) is 0 Å². The van der Waals surface area contributed by atoms with Gasteiger partial charge in [-0.2, -0.15) is 0 Å². The topological polar surface area (TPSA) is 9.23 Å². The maximum absolute atomic E-state index is 5.09. The first-order chi connectivity index (χ1) is 5.74. The van der Waals surface area contributed by atoms with Gasteiger partial charge in [0.05, 0.1) is 0 Å². The third-order valence-electron chi connectivity index (χ3n) is 2.56. The van der Waals surface area contributed by atoms with Gasteiger partial charge in [-0.05, 0) is 0 Å². The van der Waals surface area contributed by atoms with Crippen LogP contribution in [0.5, 0.6) is 0 Å². The molecule has 0 bridgehead atoms. The fraction of sp³-hybridized carbons (Fsp3) is 0.800. The molecule has 1 nitrogen and oxygen atoms in total. The van der Waals surface area contributed by atoms with E-state index in [0.29, 0.717) is 6.61 Å². The van der Waals surface area contributed by atoms with Crippen LogP contribution in [0.1, 0.15) is 27.7 Å². The maximum atomic E-state index is 5.09. The van der Waals surface area contributed by atoms with Gasteiger partial charge in [0.15, 0.2) is 0 Å². The molecule has 0 unspecified atom stereocenters. The Kier molecular flexibility index (Phi) is 6.74. The van der Waals surface area contributed by atoms with E-state index in [1.54, 1.807) is 0 Å². The molecule has 12 heavy (non-hydrogen) atoms. The van der Waals surface area contributed by atoms with Crippen LogP contribution in [0.2, 0.25) is 13.3 Å². The Labute approximate surface area is 80.8 Å². The van der Waals surface area contributed by atoms with E-state index in [2.05, 4.69) is 30.8 Å². The summed E-state index contributed by atoms with van der Waals surface area (Å²) in [4.78, 5) is 0. The van der Waals surface area contributed by atoms with Crippen molar-refractivity contribution in [3.05, 3.63) is 0 Å². The predicted molar refractivity (Wildman–Crippen MR) is 56.6 cm³/mol. The summed E-state index contributed by atoms with van der Waals surface area (Å²) < 4.78 is 12.5. The van der Waals surface area contributed by atoms with Crippen molar-refractivity contribution in [2.24, 2.45) is 0 Å². The van der Waals surface area contributed by atoms with E-state index in [-0.39, 0.29) is 0 Å². The van der Waals surface area contributed by atoms with Crippen LogP contribution in [-0.4, -0.2) is 25.0 Å². The summed E-state index contributed by atoms with van der Waals surface area (Å²) in [5.74, 6) is 0. The van der Waals surface area contributed by atoms with Gasteiger partial charge in [0.1, 0.15) is 0 Å². The Hall–Kier alpha value is 0.159. The molecule has 0 atom stereocenters. The van der Waals surface area contributed by atoms with Crippen molar-refractivity contribution < 1.29 is 4.74 Å². The zero-order valence-corrected chi connectivity index (χ0v) is 11.6. The standard InChI is InChI=1S/C4H5O.3C2H5.Sn/c1-3-5-4-2;3*1-2;/h3H2,1H3;3*1H2,2H3;. The molecule has 0 aliphatic heterocycles. The van der Waals surface area contributed by atoms with Crippen molar-refractivity contribution in [3.8, 4) is 10.0 Å². The first-order valence-corrected chi connectivity index (χ1v) is 12.4. The summed E-state index contributed by atoms with van der Waals surface area (Å²) in [6, 6.07) is 0. The van der Waals surface area contributed by atoms with E-state index >= 15 is 0 Å². The van der Waals surface area contributed by atoms with Crippen LogP contribution in [0, 0.1) is 10.0 Å². The Morgan fingerprint density at radius 1 is 1.00 bits per heavy atom. The van der Waals surface area contributed by atoms with Crippen LogP contribution in [0.25, 0.3) is 0 Å². The first kappa shape index (κ1) is 12.2. The average molecular weight is 275 g/mol. The molecule has 0 rings (SSSR count). The second-order valence-electron chi connectivity index (χ2n) is 3.00. The molecule has 0 aliphatic carbocycles. The molecule has 0 spiro atoms. The zero-order valence-electron chi connectivity index (χ0n) is 8.74. The van der Waals surface area contributed by atoms with Gasteiger partial charge in [0.25, 0.3) is 0 Å². The molecule has 2 heteroatoms. The number of rotatable bonds is 4. The van der Waals surface area contributed by atoms with Gasteiger partial charge in [0, 0.05) is 0 Å². The fourth-order valence-electron chi connectivity index (χ4n) is 1.23. The minimum absolute atomic E-state index is 0.714. The molecule has 0 aromatic carbocycles. The van der Waals surface area contributed by atoms with Gasteiger partial charge in [0.2, 0.25) is 0 Å². The molecule has 0 aliphatic rings. The van der Waals surface area contributed by atoms with Crippen LogP contribution >= 0.6 is 0 Å². The molecule has 0 saturated carbocycles. The summed E-state index contributed by atoms with van der Waals surface area (Å²) in [7, 11) is 0. The first-order valence-electron chi connectivity index (χ1n) is 4.88. The quantitative estimate of drug-likeness (QED) is 0.566. The number of ether oxygens (including phenoxy) is 1. The van der Waals surface area contributed by atoms with Gasteiger partial charge in [-0.1, -0.05) is 0 Å². The molecule has 0 aromatic heterocycles. The van der Waals surface area contributed by atoms with Crippen molar-refractivity contribution in [3.63, 3.8) is 0 Å². The Morgan fingerprint density at radius 2 is 1.50 bits per heavy atom. The van der Waals surface area contributed by atoms with Crippen LogP contribution in [0.15, 0.2) is 0 Å². The zero-order chi connectivity index (χ0) is 9.45. The molecule has 0 N–H and O–H groups in total. The third kappa shape index (κ3) is 3.71. The number of hydrogen-bond donors (Lipinski definition) is 0. The van der Waals surface area contributed by atoms with Crippen molar-refractivity contribution >= 4 is 18.4 Å². The van der Waals surface area contributed by atoms with Crippen LogP contribution in [0.4, 0.5) is 0 Å². The third-order valence-corrected chi connectivity index (χ3v) is 16.0. The predicted octanol–water partition coefficient (Wildman–Crippen LogP) is 3.03.